The summed E-state index contributed by atoms with van der Waals surface area (Å²) in [4.78, 5) is 25.4. The van der Waals surface area contributed by atoms with Crippen LogP contribution < -0.4 is 11.2 Å². The van der Waals surface area contributed by atoms with Gasteiger partial charge in [0.15, 0.2) is 0 Å². The minimum atomic E-state index is -0.509. The van der Waals surface area contributed by atoms with Crippen molar-refractivity contribution in [1.82, 2.24) is 9.55 Å². The number of terminal acetylenes is 1. The Bertz CT molecular complexity index is 630. The van der Waals surface area contributed by atoms with Crippen LogP contribution in [0.25, 0.3) is 0 Å². The predicted octanol–water partition coefficient (Wildman–Crippen LogP) is -0.140. The van der Waals surface area contributed by atoms with E-state index in [9.17, 15) is 14.7 Å². The highest BCUT2D eigenvalue weighted by Gasteiger charge is 2.36. The Morgan fingerprint density at radius 3 is 3.05 bits per heavy atom. The molecular weight excluding hydrogens is 280 g/mol. The third-order valence-electron chi connectivity index (χ3n) is 3.20. The number of aliphatic hydroxyl groups is 1. The van der Waals surface area contributed by atoms with E-state index >= 15 is 0 Å². The van der Waals surface area contributed by atoms with E-state index in [-0.39, 0.29) is 18.0 Å². The molecule has 0 aromatic carbocycles. The van der Waals surface area contributed by atoms with Gasteiger partial charge in [0.25, 0.3) is 5.56 Å². The molecule has 1 saturated heterocycles. The van der Waals surface area contributed by atoms with Crippen molar-refractivity contribution in [3.63, 3.8) is 0 Å². The van der Waals surface area contributed by atoms with Gasteiger partial charge in [0, 0.05) is 23.4 Å². The summed E-state index contributed by atoms with van der Waals surface area (Å²) in [6, 6.07) is 0. The molecule has 1 aliphatic rings. The van der Waals surface area contributed by atoms with Crippen molar-refractivity contribution >= 4 is 11.8 Å². The second-order valence-corrected chi connectivity index (χ2v) is 5.81. The van der Waals surface area contributed by atoms with Crippen molar-refractivity contribution in [2.24, 2.45) is 0 Å². The molecule has 0 radical (unpaired) electrons. The minimum Gasteiger partial charge on any atom is -0.394 e. The fourth-order valence-electron chi connectivity index (χ4n) is 2.17. The highest BCUT2D eigenvalue weighted by Crippen LogP contribution is 2.35. The lowest BCUT2D eigenvalue weighted by molar-refractivity contribution is -0.0238. The Morgan fingerprint density at radius 1 is 1.65 bits per heavy atom. The molecular formula is C13H16N2O4S. The first-order chi connectivity index (χ1) is 9.56. The maximum absolute atomic E-state index is 11.8. The molecule has 0 bridgehead atoms. The van der Waals surface area contributed by atoms with E-state index in [2.05, 4.69) is 10.9 Å². The number of aryl methyl sites for hydroxylation is 1. The van der Waals surface area contributed by atoms with Crippen LogP contribution in [0.1, 0.15) is 18.2 Å². The van der Waals surface area contributed by atoms with E-state index in [1.807, 2.05) is 0 Å². The summed E-state index contributed by atoms with van der Waals surface area (Å²) < 4.78 is 7.04. The fraction of sp³-hybridized carbons (Fsp3) is 0.538. The normalized spacial score (nSPS) is 25.6. The Morgan fingerprint density at radius 2 is 2.40 bits per heavy atom. The number of aliphatic hydroxyl groups excluding tert-OH is 1. The zero-order chi connectivity index (χ0) is 14.7. The van der Waals surface area contributed by atoms with Gasteiger partial charge in [0.1, 0.15) is 6.23 Å². The topological polar surface area (TPSA) is 84.3 Å². The second-order valence-electron chi connectivity index (χ2n) is 4.58. The Kier molecular flexibility index (Phi) is 4.70. The van der Waals surface area contributed by atoms with Crippen LogP contribution in [-0.4, -0.2) is 38.4 Å². The highest BCUT2D eigenvalue weighted by molar-refractivity contribution is 8.00. The smallest absolute Gasteiger partial charge is 0.330 e. The number of nitrogens with zero attached hydrogens (tertiary/aromatic N) is 1. The molecule has 2 N–H and O–H groups in total. The van der Waals surface area contributed by atoms with Gasteiger partial charge < -0.3 is 9.84 Å². The van der Waals surface area contributed by atoms with Gasteiger partial charge in [-0.25, -0.2) is 4.79 Å². The third-order valence-corrected chi connectivity index (χ3v) is 4.45. The van der Waals surface area contributed by atoms with Crippen molar-refractivity contribution < 1.29 is 9.84 Å². The van der Waals surface area contributed by atoms with E-state index in [0.717, 1.165) is 0 Å². The van der Waals surface area contributed by atoms with Crippen LogP contribution >= 0.6 is 11.8 Å². The lowest BCUT2D eigenvalue weighted by Crippen LogP contribution is -2.33. The third kappa shape index (κ3) is 2.98. The van der Waals surface area contributed by atoms with Crippen LogP contribution in [0.4, 0.5) is 0 Å². The molecule has 0 saturated carbocycles. The van der Waals surface area contributed by atoms with E-state index in [0.29, 0.717) is 17.7 Å². The summed E-state index contributed by atoms with van der Waals surface area (Å²) in [6.45, 7) is 1.49. The molecule has 3 atom stereocenters. The Hall–Kier alpha value is -1.49. The van der Waals surface area contributed by atoms with Gasteiger partial charge in [-0.2, -0.15) is 0 Å². The molecule has 0 unspecified atom stereocenters. The molecule has 2 rings (SSSR count). The number of hydrogen-bond donors (Lipinski definition) is 2. The standard InChI is InChI=1S/C13H16N2O4S/c1-3-4-20-10-5-11(19-9(10)7-16)15-6-8(2)12(17)14-13(15)18/h1,6,9-11,16H,4-5,7H2,2H3,(H,14,17,18)/t9-,10+,11-/m1/s1. The summed E-state index contributed by atoms with van der Waals surface area (Å²) in [7, 11) is 0. The first kappa shape index (κ1) is 14.9. The number of hydrogen-bond acceptors (Lipinski definition) is 5. The SMILES string of the molecule is C#CCS[C@H]1C[C@H](n2cc(C)c(=O)[nH]c2=O)O[C@@H]1CO. The summed E-state index contributed by atoms with van der Waals surface area (Å²) in [5.74, 6) is 3.06. The van der Waals surface area contributed by atoms with Gasteiger partial charge in [0.05, 0.1) is 18.5 Å². The van der Waals surface area contributed by atoms with Crippen LogP contribution in [0.15, 0.2) is 15.8 Å². The number of aromatic amines is 1. The molecule has 0 aliphatic carbocycles. The number of nitrogens with one attached hydrogen (secondary N) is 1. The molecule has 1 aliphatic heterocycles. The number of rotatable bonds is 4. The van der Waals surface area contributed by atoms with Crippen molar-refractivity contribution in [2.75, 3.05) is 12.4 Å². The number of aromatic nitrogens is 2. The second kappa shape index (κ2) is 6.31. The molecule has 1 aromatic rings. The Labute approximate surface area is 120 Å². The summed E-state index contributed by atoms with van der Waals surface area (Å²) >= 11 is 1.52. The van der Waals surface area contributed by atoms with Crippen molar-refractivity contribution in [2.45, 2.75) is 30.9 Å². The van der Waals surface area contributed by atoms with Gasteiger partial charge >= 0.3 is 5.69 Å². The fourth-order valence-corrected chi connectivity index (χ4v) is 3.14. The first-order valence-corrected chi connectivity index (χ1v) is 7.25. The Balaban J connectivity index is 2.23. The molecule has 7 heteroatoms. The van der Waals surface area contributed by atoms with E-state index in [1.54, 1.807) is 6.92 Å². The van der Waals surface area contributed by atoms with Gasteiger partial charge in [0.2, 0.25) is 0 Å². The van der Waals surface area contributed by atoms with Crippen molar-refractivity contribution in [3.8, 4) is 12.3 Å². The molecule has 6 nitrogen and oxygen atoms in total. The van der Waals surface area contributed by atoms with E-state index in [4.69, 9.17) is 11.2 Å². The lowest BCUT2D eigenvalue weighted by atomic mass is 10.2. The molecule has 1 fully saturated rings. The summed E-state index contributed by atoms with van der Waals surface area (Å²) in [5.41, 5.74) is -0.473. The van der Waals surface area contributed by atoms with Gasteiger partial charge in [-0.15, -0.1) is 18.2 Å². The highest BCUT2D eigenvalue weighted by atomic mass is 32.2. The molecule has 2 heterocycles. The summed E-state index contributed by atoms with van der Waals surface area (Å²) in [5, 5.41) is 9.36. The lowest BCUT2D eigenvalue weighted by Gasteiger charge is -2.15. The van der Waals surface area contributed by atoms with E-state index < -0.39 is 17.5 Å². The van der Waals surface area contributed by atoms with Crippen molar-refractivity contribution in [1.29, 1.82) is 0 Å². The quantitative estimate of drug-likeness (QED) is 0.756. The van der Waals surface area contributed by atoms with Gasteiger partial charge in [-0.05, 0) is 6.92 Å². The molecule has 20 heavy (non-hydrogen) atoms. The number of H-pyrrole nitrogens is 1. The van der Waals surface area contributed by atoms with Crippen LogP contribution in [0.3, 0.4) is 0 Å². The van der Waals surface area contributed by atoms with Crippen LogP contribution in [0.2, 0.25) is 0 Å². The zero-order valence-corrected chi connectivity index (χ0v) is 11.9. The summed E-state index contributed by atoms with van der Waals surface area (Å²) in [6.07, 6.45) is 6.41. The largest absolute Gasteiger partial charge is 0.394 e. The number of thioether (sulfide) groups is 1. The average Bonchev–Trinajstić information content (AvgIpc) is 2.83. The molecule has 0 amide bonds. The van der Waals surface area contributed by atoms with Gasteiger partial charge in [-0.1, -0.05) is 5.92 Å². The zero-order valence-electron chi connectivity index (χ0n) is 11.0. The minimum absolute atomic E-state index is 0.0279. The monoisotopic (exact) mass is 296 g/mol. The number of ether oxygens (including phenoxy) is 1. The van der Waals surface area contributed by atoms with Gasteiger partial charge in [-0.3, -0.25) is 14.3 Å². The first-order valence-electron chi connectivity index (χ1n) is 6.20. The van der Waals surface area contributed by atoms with Crippen LogP contribution in [0.5, 0.6) is 0 Å². The maximum Gasteiger partial charge on any atom is 0.330 e. The molecule has 1 aromatic heterocycles. The molecule has 108 valence electrons. The average molecular weight is 296 g/mol. The molecule has 0 spiro atoms. The van der Waals surface area contributed by atoms with Crippen LogP contribution in [0, 0.1) is 19.3 Å². The maximum atomic E-state index is 11.8. The van der Waals surface area contributed by atoms with Crippen LogP contribution in [-0.2, 0) is 4.74 Å². The van der Waals surface area contributed by atoms with Crippen molar-refractivity contribution in [3.05, 3.63) is 32.6 Å². The van der Waals surface area contributed by atoms with E-state index in [1.165, 1.54) is 22.5 Å². The predicted molar refractivity (Wildman–Crippen MR) is 76.8 cm³/mol.